The molecule has 0 fully saturated rings. The quantitative estimate of drug-likeness (QED) is 0.529. The molecule has 0 aliphatic rings. The maximum absolute atomic E-state index is 12.5. The first-order valence-corrected chi connectivity index (χ1v) is 10.1. The first-order valence-electron chi connectivity index (χ1n) is 10.1. The van der Waals surface area contributed by atoms with E-state index in [1.54, 1.807) is 62.6 Å². The molecule has 3 aromatic carbocycles. The van der Waals surface area contributed by atoms with Crippen LogP contribution < -0.4 is 20.1 Å². The van der Waals surface area contributed by atoms with Crippen LogP contribution in [0.25, 0.3) is 0 Å². The number of carbonyl (C=O) groups is 2. The summed E-state index contributed by atoms with van der Waals surface area (Å²) in [5, 5.41) is 5.69. The van der Waals surface area contributed by atoms with Crippen LogP contribution in [-0.4, -0.2) is 25.0 Å². The molecule has 3 rings (SSSR count). The Kier molecular flexibility index (Phi) is 7.65. The Morgan fingerprint density at radius 2 is 1.48 bits per heavy atom. The molecular formula is C25H26N2O4. The monoisotopic (exact) mass is 418 g/mol. The van der Waals surface area contributed by atoms with Gasteiger partial charge in [-0.2, -0.15) is 0 Å². The molecule has 0 heterocycles. The minimum absolute atomic E-state index is 0.0801. The number of benzene rings is 3. The van der Waals surface area contributed by atoms with E-state index < -0.39 is 6.10 Å². The van der Waals surface area contributed by atoms with Crippen molar-refractivity contribution in [3.63, 3.8) is 0 Å². The SMILES string of the molecule is COc1ccc(OC(C)C(=O)Nc2cccc(NC(=O)CCc3ccccc3)c2)cc1. The van der Waals surface area contributed by atoms with Gasteiger partial charge in [-0.1, -0.05) is 36.4 Å². The van der Waals surface area contributed by atoms with Crippen molar-refractivity contribution in [1.82, 2.24) is 0 Å². The molecule has 0 aliphatic carbocycles. The van der Waals surface area contributed by atoms with Gasteiger partial charge in [0.2, 0.25) is 5.91 Å². The minimum Gasteiger partial charge on any atom is -0.497 e. The molecule has 0 saturated heterocycles. The van der Waals surface area contributed by atoms with Crippen molar-refractivity contribution >= 4 is 23.2 Å². The Hall–Kier alpha value is -3.80. The minimum atomic E-state index is -0.697. The molecular weight excluding hydrogens is 392 g/mol. The lowest BCUT2D eigenvalue weighted by molar-refractivity contribution is -0.122. The number of carbonyl (C=O) groups excluding carboxylic acids is 2. The summed E-state index contributed by atoms with van der Waals surface area (Å²) in [6, 6.07) is 23.9. The van der Waals surface area contributed by atoms with Crippen molar-refractivity contribution in [1.29, 1.82) is 0 Å². The highest BCUT2D eigenvalue weighted by Gasteiger charge is 2.15. The highest BCUT2D eigenvalue weighted by atomic mass is 16.5. The van der Waals surface area contributed by atoms with Crippen molar-refractivity contribution < 1.29 is 19.1 Å². The normalized spacial score (nSPS) is 11.3. The third-order valence-corrected chi connectivity index (χ3v) is 4.64. The van der Waals surface area contributed by atoms with Crippen LogP contribution in [0, 0.1) is 0 Å². The Balaban J connectivity index is 1.51. The van der Waals surface area contributed by atoms with Crippen LogP contribution in [0.3, 0.4) is 0 Å². The molecule has 3 aromatic rings. The van der Waals surface area contributed by atoms with Gasteiger partial charge in [-0.25, -0.2) is 0 Å². The summed E-state index contributed by atoms with van der Waals surface area (Å²) < 4.78 is 10.8. The molecule has 2 amide bonds. The number of rotatable bonds is 9. The van der Waals surface area contributed by atoms with Gasteiger partial charge in [0.05, 0.1) is 7.11 Å². The van der Waals surface area contributed by atoms with E-state index in [1.807, 2.05) is 30.3 Å². The van der Waals surface area contributed by atoms with E-state index in [1.165, 1.54) is 0 Å². The number of hydrogen-bond acceptors (Lipinski definition) is 4. The molecule has 6 heteroatoms. The van der Waals surface area contributed by atoms with Gasteiger partial charge in [0.15, 0.2) is 6.10 Å². The van der Waals surface area contributed by atoms with Crippen LogP contribution in [0.4, 0.5) is 11.4 Å². The number of methoxy groups -OCH3 is 1. The van der Waals surface area contributed by atoms with Crippen molar-refractivity contribution in [2.75, 3.05) is 17.7 Å². The lowest BCUT2D eigenvalue weighted by Gasteiger charge is -2.15. The molecule has 0 bridgehead atoms. The van der Waals surface area contributed by atoms with Gasteiger partial charge < -0.3 is 20.1 Å². The van der Waals surface area contributed by atoms with Crippen molar-refractivity contribution in [3.05, 3.63) is 84.4 Å². The summed E-state index contributed by atoms with van der Waals surface area (Å²) in [5.74, 6) is 0.918. The first kappa shape index (κ1) is 21.9. The predicted molar refractivity (Wildman–Crippen MR) is 122 cm³/mol. The number of hydrogen-bond donors (Lipinski definition) is 2. The van der Waals surface area contributed by atoms with E-state index in [0.29, 0.717) is 35.7 Å². The summed E-state index contributed by atoms with van der Waals surface area (Å²) in [4.78, 5) is 24.7. The van der Waals surface area contributed by atoms with Gasteiger partial charge in [0.1, 0.15) is 11.5 Å². The second-order valence-electron chi connectivity index (χ2n) is 7.04. The molecule has 6 nitrogen and oxygen atoms in total. The Morgan fingerprint density at radius 1 is 0.839 bits per heavy atom. The molecule has 160 valence electrons. The number of amides is 2. The van der Waals surface area contributed by atoms with Gasteiger partial charge >= 0.3 is 0 Å². The fraction of sp³-hybridized carbons (Fsp3) is 0.200. The van der Waals surface area contributed by atoms with E-state index in [4.69, 9.17) is 9.47 Å². The van der Waals surface area contributed by atoms with E-state index in [0.717, 1.165) is 5.56 Å². The summed E-state index contributed by atoms with van der Waals surface area (Å²) in [5.41, 5.74) is 2.32. The van der Waals surface area contributed by atoms with Crippen molar-refractivity contribution in [3.8, 4) is 11.5 Å². The molecule has 0 radical (unpaired) electrons. The summed E-state index contributed by atoms with van der Waals surface area (Å²) in [6.45, 7) is 1.68. The second-order valence-corrected chi connectivity index (χ2v) is 7.04. The van der Waals surface area contributed by atoms with E-state index in [2.05, 4.69) is 10.6 Å². The second kappa shape index (κ2) is 10.8. The molecule has 0 aliphatic heterocycles. The summed E-state index contributed by atoms with van der Waals surface area (Å²) in [6.07, 6.45) is 0.355. The standard InChI is InChI=1S/C25H26N2O4/c1-18(31-23-14-12-22(30-2)13-15-23)25(29)27-21-10-6-9-20(17-21)26-24(28)16-11-19-7-4-3-5-8-19/h3-10,12-15,17-18H,11,16H2,1-2H3,(H,26,28)(H,27,29). The van der Waals surface area contributed by atoms with Crippen LogP contribution >= 0.6 is 0 Å². The van der Waals surface area contributed by atoms with Crippen LogP contribution in [0.5, 0.6) is 11.5 Å². The predicted octanol–water partition coefficient (Wildman–Crippen LogP) is 4.67. The zero-order valence-electron chi connectivity index (χ0n) is 17.6. The molecule has 0 saturated carbocycles. The van der Waals surface area contributed by atoms with Gasteiger partial charge in [-0.05, 0) is 61.4 Å². The number of anilines is 2. The van der Waals surface area contributed by atoms with Crippen molar-refractivity contribution in [2.45, 2.75) is 25.9 Å². The fourth-order valence-electron chi connectivity index (χ4n) is 2.96. The largest absolute Gasteiger partial charge is 0.497 e. The van der Waals surface area contributed by atoms with Crippen LogP contribution in [-0.2, 0) is 16.0 Å². The highest BCUT2D eigenvalue weighted by Crippen LogP contribution is 2.20. The van der Waals surface area contributed by atoms with E-state index in [-0.39, 0.29) is 11.8 Å². The van der Waals surface area contributed by atoms with Crippen LogP contribution in [0.15, 0.2) is 78.9 Å². The Labute approximate surface area is 182 Å². The molecule has 31 heavy (non-hydrogen) atoms. The molecule has 2 N–H and O–H groups in total. The average molecular weight is 418 g/mol. The third kappa shape index (κ3) is 6.89. The Morgan fingerprint density at radius 3 is 2.16 bits per heavy atom. The lowest BCUT2D eigenvalue weighted by atomic mass is 10.1. The molecule has 1 atom stereocenters. The average Bonchev–Trinajstić information content (AvgIpc) is 2.79. The molecule has 0 aromatic heterocycles. The Bertz CT molecular complexity index is 1000. The highest BCUT2D eigenvalue weighted by molar-refractivity contribution is 5.96. The lowest BCUT2D eigenvalue weighted by Crippen LogP contribution is -2.30. The fourth-order valence-corrected chi connectivity index (χ4v) is 2.96. The molecule has 0 spiro atoms. The van der Waals surface area contributed by atoms with Crippen LogP contribution in [0.1, 0.15) is 18.9 Å². The maximum atomic E-state index is 12.5. The van der Waals surface area contributed by atoms with Gasteiger partial charge in [0, 0.05) is 17.8 Å². The summed E-state index contributed by atoms with van der Waals surface area (Å²) >= 11 is 0. The van der Waals surface area contributed by atoms with Crippen molar-refractivity contribution in [2.24, 2.45) is 0 Å². The number of ether oxygens (including phenoxy) is 2. The van der Waals surface area contributed by atoms with Gasteiger partial charge in [-0.3, -0.25) is 9.59 Å². The topological polar surface area (TPSA) is 76.7 Å². The maximum Gasteiger partial charge on any atom is 0.265 e. The smallest absolute Gasteiger partial charge is 0.265 e. The third-order valence-electron chi connectivity index (χ3n) is 4.64. The van der Waals surface area contributed by atoms with E-state index in [9.17, 15) is 9.59 Å². The zero-order chi connectivity index (χ0) is 22.1. The molecule has 1 unspecified atom stereocenters. The summed E-state index contributed by atoms with van der Waals surface area (Å²) in [7, 11) is 1.59. The van der Waals surface area contributed by atoms with E-state index >= 15 is 0 Å². The number of aryl methyl sites for hydroxylation is 1. The van der Waals surface area contributed by atoms with Gasteiger partial charge in [-0.15, -0.1) is 0 Å². The zero-order valence-corrected chi connectivity index (χ0v) is 17.6. The van der Waals surface area contributed by atoms with Crippen LogP contribution in [0.2, 0.25) is 0 Å². The first-order chi connectivity index (χ1) is 15.0. The van der Waals surface area contributed by atoms with Gasteiger partial charge in [0.25, 0.3) is 5.91 Å². The number of nitrogens with one attached hydrogen (secondary N) is 2.